The molecular formula is C11H12FN5O. The van der Waals surface area contributed by atoms with Crippen molar-refractivity contribution >= 4 is 5.91 Å². The van der Waals surface area contributed by atoms with Crippen LogP contribution >= 0.6 is 0 Å². The standard InChI is InChI=1S/C11H12FN5O/c12-9-5-3-8(4-6-9)11-14-16-17(15-11)7-1-2-10(13)18/h3-6H,1-2,7H2,(H2,13,18). The Morgan fingerprint density at radius 2 is 2.06 bits per heavy atom. The molecule has 2 aromatic rings. The van der Waals surface area contributed by atoms with Crippen molar-refractivity contribution in [3.63, 3.8) is 0 Å². The molecule has 7 heteroatoms. The Labute approximate surface area is 103 Å². The number of hydrogen-bond donors (Lipinski definition) is 1. The van der Waals surface area contributed by atoms with Crippen LogP contribution in [0, 0.1) is 5.82 Å². The van der Waals surface area contributed by atoms with Crippen LogP contribution < -0.4 is 5.73 Å². The number of halogens is 1. The second kappa shape index (κ2) is 5.35. The Morgan fingerprint density at radius 1 is 1.33 bits per heavy atom. The molecule has 0 unspecified atom stereocenters. The first kappa shape index (κ1) is 12.2. The maximum absolute atomic E-state index is 12.7. The van der Waals surface area contributed by atoms with Crippen molar-refractivity contribution in [3.8, 4) is 11.4 Å². The zero-order valence-electron chi connectivity index (χ0n) is 9.58. The van der Waals surface area contributed by atoms with E-state index in [0.29, 0.717) is 24.4 Å². The number of nitrogens with two attached hydrogens (primary N) is 1. The van der Waals surface area contributed by atoms with Crippen LogP contribution in [0.15, 0.2) is 24.3 Å². The lowest BCUT2D eigenvalue weighted by atomic mass is 10.2. The fourth-order valence-electron chi connectivity index (χ4n) is 1.45. The number of carbonyl (C=O) groups is 1. The predicted octanol–water partition coefficient (Wildman–Crippen LogP) is 0.745. The van der Waals surface area contributed by atoms with Gasteiger partial charge in [0.1, 0.15) is 5.82 Å². The first-order valence-electron chi connectivity index (χ1n) is 5.47. The highest BCUT2D eigenvalue weighted by atomic mass is 19.1. The van der Waals surface area contributed by atoms with Gasteiger partial charge in [-0.3, -0.25) is 4.79 Å². The minimum Gasteiger partial charge on any atom is -0.370 e. The fraction of sp³-hybridized carbons (Fsp3) is 0.273. The fourth-order valence-corrected chi connectivity index (χ4v) is 1.45. The quantitative estimate of drug-likeness (QED) is 0.846. The van der Waals surface area contributed by atoms with E-state index in [-0.39, 0.29) is 18.1 Å². The number of rotatable bonds is 5. The number of nitrogens with zero attached hydrogens (tertiary/aromatic N) is 4. The van der Waals surface area contributed by atoms with Crippen LogP contribution in [0.2, 0.25) is 0 Å². The Bertz CT molecular complexity index is 537. The summed E-state index contributed by atoms with van der Waals surface area (Å²) in [4.78, 5) is 12.0. The summed E-state index contributed by atoms with van der Waals surface area (Å²) in [5.74, 6) is -0.240. The minimum absolute atomic E-state index is 0.285. The molecule has 0 aliphatic heterocycles. The van der Waals surface area contributed by atoms with Gasteiger partial charge >= 0.3 is 0 Å². The van der Waals surface area contributed by atoms with Crippen LogP contribution in [0.3, 0.4) is 0 Å². The molecule has 94 valence electrons. The van der Waals surface area contributed by atoms with Gasteiger partial charge in [0.25, 0.3) is 0 Å². The van der Waals surface area contributed by atoms with Gasteiger partial charge in [0.15, 0.2) is 0 Å². The average Bonchev–Trinajstić information content (AvgIpc) is 2.78. The second-order valence-electron chi connectivity index (χ2n) is 3.79. The van der Waals surface area contributed by atoms with Crippen LogP contribution in [0.5, 0.6) is 0 Å². The summed E-state index contributed by atoms with van der Waals surface area (Å²) in [6.07, 6.45) is 0.849. The Balaban J connectivity index is 2.01. The number of primary amides is 1. The molecule has 0 aliphatic carbocycles. The van der Waals surface area contributed by atoms with E-state index >= 15 is 0 Å². The van der Waals surface area contributed by atoms with Gasteiger partial charge in [-0.2, -0.15) is 4.80 Å². The molecule has 1 amide bonds. The van der Waals surface area contributed by atoms with Gasteiger partial charge in [-0.1, -0.05) is 0 Å². The van der Waals surface area contributed by atoms with E-state index in [1.54, 1.807) is 12.1 Å². The van der Waals surface area contributed by atoms with E-state index in [9.17, 15) is 9.18 Å². The van der Waals surface area contributed by atoms with Gasteiger partial charge in [-0.15, -0.1) is 10.2 Å². The molecule has 0 aliphatic rings. The highest BCUT2D eigenvalue weighted by Gasteiger charge is 2.06. The summed E-state index contributed by atoms with van der Waals surface area (Å²) in [7, 11) is 0. The zero-order valence-corrected chi connectivity index (χ0v) is 9.58. The van der Waals surface area contributed by atoms with Crippen LogP contribution in [0.4, 0.5) is 4.39 Å². The topological polar surface area (TPSA) is 86.7 Å². The molecule has 6 nitrogen and oxygen atoms in total. The van der Waals surface area contributed by atoms with E-state index < -0.39 is 0 Å². The lowest BCUT2D eigenvalue weighted by Gasteiger charge is -1.96. The van der Waals surface area contributed by atoms with Crippen molar-refractivity contribution < 1.29 is 9.18 Å². The lowest BCUT2D eigenvalue weighted by molar-refractivity contribution is -0.118. The largest absolute Gasteiger partial charge is 0.370 e. The van der Waals surface area contributed by atoms with Gasteiger partial charge in [-0.05, 0) is 35.9 Å². The van der Waals surface area contributed by atoms with E-state index in [2.05, 4.69) is 15.4 Å². The molecule has 0 atom stereocenters. The van der Waals surface area contributed by atoms with Gasteiger partial charge in [0, 0.05) is 12.0 Å². The molecule has 1 aromatic heterocycles. The molecule has 0 saturated heterocycles. The van der Waals surface area contributed by atoms with Crippen molar-refractivity contribution in [1.29, 1.82) is 0 Å². The second-order valence-corrected chi connectivity index (χ2v) is 3.79. The summed E-state index contributed by atoms with van der Waals surface area (Å²) < 4.78 is 12.7. The SMILES string of the molecule is NC(=O)CCCn1nnc(-c2ccc(F)cc2)n1. The Kier molecular flexibility index (Phi) is 3.61. The monoisotopic (exact) mass is 249 g/mol. The highest BCUT2D eigenvalue weighted by molar-refractivity contribution is 5.73. The van der Waals surface area contributed by atoms with Crippen molar-refractivity contribution in [2.24, 2.45) is 5.73 Å². The van der Waals surface area contributed by atoms with E-state index in [0.717, 1.165) is 0 Å². The summed E-state index contributed by atoms with van der Waals surface area (Å²) >= 11 is 0. The number of benzene rings is 1. The van der Waals surface area contributed by atoms with Crippen LogP contribution in [0.1, 0.15) is 12.8 Å². The third-order valence-electron chi connectivity index (χ3n) is 2.34. The lowest BCUT2D eigenvalue weighted by Crippen LogP contribution is -2.12. The van der Waals surface area contributed by atoms with Gasteiger partial charge in [-0.25, -0.2) is 4.39 Å². The number of aromatic nitrogens is 4. The smallest absolute Gasteiger partial charge is 0.217 e. The van der Waals surface area contributed by atoms with Crippen LogP contribution in [-0.4, -0.2) is 26.1 Å². The first-order chi connectivity index (χ1) is 8.65. The molecule has 2 N–H and O–H groups in total. The maximum Gasteiger partial charge on any atom is 0.217 e. The predicted molar refractivity (Wildman–Crippen MR) is 61.6 cm³/mol. The number of aryl methyl sites for hydroxylation is 1. The minimum atomic E-state index is -0.353. The van der Waals surface area contributed by atoms with E-state index in [1.807, 2.05) is 0 Å². The van der Waals surface area contributed by atoms with Crippen LogP contribution in [0.25, 0.3) is 11.4 Å². The normalized spacial score (nSPS) is 10.5. The van der Waals surface area contributed by atoms with Crippen molar-refractivity contribution in [2.75, 3.05) is 0 Å². The maximum atomic E-state index is 12.7. The first-order valence-corrected chi connectivity index (χ1v) is 5.47. The summed E-state index contributed by atoms with van der Waals surface area (Å²) in [5.41, 5.74) is 5.72. The highest BCUT2D eigenvalue weighted by Crippen LogP contribution is 2.13. The molecule has 0 spiro atoms. The Morgan fingerprint density at radius 3 is 2.72 bits per heavy atom. The van der Waals surface area contributed by atoms with E-state index in [4.69, 9.17) is 5.73 Å². The molecule has 0 radical (unpaired) electrons. The van der Waals surface area contributed by atoms with Crippen LogP contribution in [-0.2, 0) is 11.3 Å². The summed E-state index contributed by atoms with van der Waals surface area (Å²) in [6, 6.07) is 5.84. The number of hydrogen-bond acceptors (Lipinski definition) is 4. The molecule has 2 rings (SSSR count). The molecule has 0 bridgehead atoms. The molecule has 1 aromatic carbocycles. The number of carbonyl (C=O) groups excluding carboxylic acids is 1. The molecular weight excluding hydrogens is 237 g/mol. The Hall–Kier alpha value is -2.31. The number of amides is 1. The van der Waals surface area contributed by atoms with Crippen molar-refractivity contribution in [3.05, 3.63) is 30.1 Å². The third-order valence-corrected chi connectivity index (χ3v) is 2.34. The zero-order chi connectivity index (χ0) is 13.0. The third kappa shape index (κ3) is 3.09. The molecule has 18 heavy (non-hydrogen) atoms. The molecule has 1 heterocycles. The van der Waals surface area contributed by atoms with Gasteiger partial charge in [0.2, 0.25) is 11.7 Å². The molecule has 0 fully saturated rings. The average molecular weight is 249 g/mol. The van der Waals surface area contributed by atoms with E-state index in [1.165, 1.54) is 16.9 Å². The van der Waals surface area contributed by atoms with Gasteiger partial charge in [0.05, 0.1) is 6.54 Å². The van der Waals surface area contributed by atoms with Crippen molar-refractivity contribution in [2.45, 2.75) is 19.4 Å². The summed E-state index contributed by atoms with van der Waals surface area (Å²) in [5, 5.41) is 11.8. The number of tetrazole rings is 1. The van der Waals surface area contributed by atoms with Crippen molar-refractivity contribution in [1.82, 2.24) is 20.2 Å². The summed E-state index contributed by atoms with van der Waals surface area (Å²) in [6.45, 7) is 0.469. The molecule has 0 saturated carbocycles. The van der Waals surface area contributed by atoms with Gasteiger partial charge < -0.3 is 5.73 Å².